The van der Waals surface area contributed by atoms with Crippen LogP contribution in [0.15, 0.2) is 36.4 Å². The van der Waals surface area contributed by atoms with Crippen molar-refractivity contribution in [2.24, 2.45) is 0 Å². The Bertz CT molecular complexity index is 596. The molecule has 0 bridgehead atoms. The molecule has 0 fully saturated rings. The van der Waals surface area contributed by atoms with Gasteiger partial charge in [0.2, 0.25) is 0 Å². The number of ether oxygens (including phenoxy) is 1. The van der Waals surface area contributed by atoms with Gasteiger partial charge in [-0.25, -0.2) is 8.78 Å². The van der Waals surface area contributed by atoms with Crippen molar-refractivity contribution in [1.82, 2.24) is 5.32 Å². The van der Waals surface area contributed by atoms with Gasteiger partial charge in [-0.2, -0.15) is 0 Å². The lowest BCUT2D eigenvalue weighted by molar-refractivity contribution is 0.406. The molecule has 2 aromatic rings. The molecule has 0 aliphatic heterocycles. The summed E-state index contributed by atoms with van der Waals surface area (Å²) in [6.45, 7) is 3.28. The fraction of sp³-hybridized carbons (Fsp3) is 0.250. The van der Waals surface area contributed by atoms with Crippen molar-refractivity contribution in [2.45, 2.75) is 19.9 Å². The molecule has 0 heterocycles. The molecule has 1 N–H and O–H groups in total. The molecule has 0 aliphatic rings. The van der Waals surface area contributed by atoms with Crippen molar-refractivity contribution in [3.05, 3.63) is 57.2 Å². The van der Waals surface area contributed by atoms with E-state index in [1.54, 1.807) is 18.2 Å². The van der Waals surface area contributed by atoms with Gasteiger partial charge in [0.1, 0.15) is 5.75 Å². The van der Waals surface area contributed by atoms with Gasteiger partial charge in [-0.3, -0.25) is 0 Å². The summed E-state index contributed by atoms with van der Waals surface area (Å²) in [6.07, 6.45) is 0.971. The first kappa shape index (κ1) is 16.2. The van der Waals surface area contributed by atoms with Gasteiger partial charge in [-0.15, -0.1) is 0 Å². The number of rotatable bonds is 6. The predicted octanol–water partition coefficient (Wildman–Crippen LogP) is 4.86. The van der Waals surface area contributed by atoms with E-state index in [1.807, 2.05) is 13.0 Å². The molecule has 0 radical (unpaired) electrons. The van der Waals surface area contributed by atoms with Crippen molar-refractivity contribution in [3.8, 4) is 11.5 Å². The summed E-state index contributed by atoms with van der Waals surface area (Å²) < 4.78 is 34.3. The second-order valence-corrected chi connectivity index (χ2v) is 5.87. The number of halogens is 3. The van der Waals surface area contributed by atoms with E-state index in [2.05, 4.69) is 27.9 Å². The van der Waals surface area contributed by atoms with Gasteiger partial charge in [0.25, 0.3) is 0 Å². The van der Waals surface area contributed by atoms with E-state index in [0.29, 0.717) is 17.9 Å². The maximum absolute atomic E-state index is 14.0. The summed E-state index contributed by atoms with van der Waals surface area (Å²) in [5, 5.41) is 3.11. The van der Waals surface area contributed by atoms with Gasteiger partial charge in [0.05, 0.1) is 0 Å². The minimum absolute atomic E-state index is 0.365. The molecule has 0 saturated carbocycles. The summed E-state index contributed by atoms with van der Waals surface area (Å²) in [7, 11) is 0. The number of nitrogens with one attached hydrogen (secondary N) is 1. The fourth-order valence-electron chi connectivity index (χ4n) is 1.87. The van der Waals surface area contributed by atoms with Gasteiger partial charge in [-0.1, -0.05) is 13.0 Å². The van der Waals surface area contributed by atoms with Crippen LogP contribution in [0.3, 0.4) is 0 Å². The molecule has 0 atom stereocenters. The molecule has 21 heavy (non-hydrogen) atoms. The smallest absolute Gasteiger partial charge is 0.198 e. The highest BCUT2D eigenvalue weighted by Crippen LogP contribution is 2.29. The lowest BCUT2D eigenvalue weighted by atomic mass is 10.2. The van der Waals surface area contributed by atoms with E-state index in [4.69, 9.17) is 4.74 Å². The zero-order valence-corrected chi connectivity index (χ0v) is 13.8. The van der Waals surface area contributed by atoms with Crippen molar-refractivity contribution in [2.75, 3.05) is 6.54 Å². The molecule has 0 aliphatic carbocycles. The molecule has 0 amide bonds. The average molecular weight is 403 g/mol. The SMILES string of the molecule is CCCNCc1cc(F)c(Oc2cccc(I)c2)c(F)c1. The minimum atomic E-state index is -0.692. The number of hydrogen-bond acceptors (Lipinski definition) is 2. The quantitative estimate of drug-likeness (QED) is 0.550. The van der Waals surface area contributed by atoms with E-state index in [1.165, 1.54) is 12.1 Å². The van der Waals surface area contributed by atoms with Crippen LogP contribution in [0.5, 0.6) is 11.5 Å². The van der Waals surface area contributed by atoms with Gasteiger partial charge < -0.3 is 10.1 Å². The molecule has 2 aromatic carbocycles. The molecule has 0 unspecified atom stereocenters. The largest absolute Gasteiger partial charge is 0.451 e. The molecule has 5 heteroatoms. The first-order valence-corrected chi connectivity index (χ1v) is 7.80. The van der Waals surface area contributed by atoms with E-state index in [9.17, 15) is 8.78 Å². The number of benzene rings is 2. The second-order valence-electron chi connectivity index (χ2n) is 4.62. The van der Waals surface area contributed by atoms with Gasteiger partial charge in [-0.05, 0) is 71.5 Å². The second kappa shape index (κ2) is 7.70. The van der Waals surface area contributed by atoms with Gasteiger partial charge in [0, 0.05) is 10.1 Å². The van der Waals surface area contributed by atoms with Crippen LogP contribution in [0.4, 0.5) is 8.78 Å². The Morgan fingerprint density at radius 1 is 1.14 bits per heavy atom. The summed E-state index contributed by atoms with van der Waals surface area (Å²) >= 11 is 2.11. The summed E-state index contributed by atoms with van der Waals surface area (Å²) in [4.78, 5) is 0. The highest BCUT2D eigenvalue weighted by molar-refractivity contribution is 14.1. The van der Waals surface area contributed by atoms with Gasteiger partial charge >= 0.3 is 0 Å². The maximum Gasteiger partial charge on any atom is 0.198 e. The first-order valence-electron chi connectivity index (χ1n) is 6.72. The van der Waals surface area contributed by atoms with E-state index >= 15 is 0 Å². The Morgan fingerprint density at radius 2 is 1.86 bits per heavy atom. The molecular weight excluding hydrogens is 387 g/mol. The van der Waals surface area contributed by atoms with Gasteiger partial charge in [0.15, 0.2) is 17.4 Å². The fourth-order valence-corrected chi connectivity index (χ4v) is 2.38. The lowest BCUT2D eigenvalue weighted by Gasteiger charge is -2.10. The summed E-state index contributed by atoms with van der Waals surface area (Å²) in [6, 6.07) is 9.64. The van der Waals surface area contributed by atoms with Crippen LogP contribution in [-0.2, 0) is 6.54 Å². The lowest BCUT2D eigenvalue weighted by Crippen LogP contribution is -2.14. The monoisotopic (exact) mass is 403 g/mol. The molecule has 2 rings (SSSR count). The van der Waals surface area contributed by atoms with E-state index in [-0.39, 0.29) is 5.75 Å². The van der Waals surface area contributed by atoms with Crippen molar-refractivity contribution < 1.29 is 13.5 Å². The molecule has 0 aromatic heterocycles. The van der Waals surface area contributed by atoms with Crippen LogP contribution in [-0.4, -0.2) is 6.54 Å². The number of hydrogen-bond donors (Lipinski definition) is 1. The van der Waals surface area contributed by atoms with E-state index < -0.39 is 11.6 Å². The van der Waals surface area contributed by atoms with Crippen LogP contribution in [0.2, 0.25) is 0 Å². The first-order chi connectivity index (χ1) is 10.1. The third-order valence-electron chi connectivity index (χ3n) is 2.83. The molecular formula is C16H16F2INO. The average Bonchev–Trinajstić information content (AvgIpc) is 2.43. The standard InChI is InChI=1S/C16H16F2INO/c1-2-6-20-10-11-7-14(17)16(15(18)8-11)21-13-5-3-4-12(19)9-13/h3-5,7-9,20H,2,6,10H2,1H3. The zero-order chi connectivity index (χ0) is 15.2. The normalized spacial score (nSPS) is 10.7. The van der Waals surface area contributed by atoms with Crippen LogP contribution >= 0.6 is 22.6 Å². The Hall–Kier alpha value is -1.21. The Kier molecular flexibility index (Phi) is 5.93. The van der Waals surface area contributed by atoms with Crippen molar-refractivity contribution in [3.63, 3.8) is 0 Å². The molecule has 2 nitrogen and oxygen atoms in total. The minimum Gasteiger partial charge on any atom is -0.451 e. The Labute approximate surface area is 136 Å². The third-order valence-corrected chi connectivity index (χ3v) is 3.50. The van der Waals surface area contributed by atoms with E-state index in [0.717, 1.165) is 16.5 Å². The third kappa shape index (κ3) is 4.64. The zero-order valence-electron chi connectivity index (χ0n) is 11.6. The highest BCUT2D eigenvalue weighted by atomic mass is 127. The predicted molar refractivity (Wildman–Crippen MR) is 87.6 cm³/mol. The van der Waals surface area contributed by atoms with Crippen LogP contribution in [0.1, 0.15) is 18.9 Å². The molecule has 0 saturated heterocycles. The molecule has 112 valence electrons. The Morgan fingerprint density at radius 3 is 2.48 bits per heavy atom. The van der Waals surface area contributed by atoms with Crippen molar-refractivity contribution >= 4 is 22.6 Å². The Balaban J connectivity index is 2.17. The topological polar surface area (TPSA) is 21.3 Å². The highest BCUT2D eigenvalue weighted by Gasteiger charge is 2.13. The summed E-state index contributed by atoms with van der Waals surface area (Å²) in [5.74, 6) is -1.34. The van der Waals surface area contributed by atoms with Crippen LogP contribution < -0.4 is 10.1 Å². The summed E-state index contributed by atoms with van der Waals surface area (Å²) in [5.41, 5.74) is 0.563. The van der Waals surface area contributed by atoms with Crippen LogP contribution in [0, 0.1) is 15.2 Å². The van der Waals surface area contributed by atoms with Crippen LogP contribution in [0.25, 0.3) is 0 Å². The maximum atomic E-state index is 14.0. The molecule has 0 spiro atoms. The van der Waals surface area contributed by atoms with Crippen molar-refractivity contribution in [1.29, 1.82) is 0 Å².